The summed E-state index contributed by atoms with van der Waals surface area (Å²) in [4.78, 5) is 0. The van der Waals surface area contributed by atoms with Crippen LogP contribution in [0.5, 0.6) is 0 Å². The maximum Gasteiger partial charge on any atom is 0.129 e. The molecule has 0 saturated heterocycles. The molecule has 108 valence electrons. The van der Waals surface area contributed by atoms with E-state index >= 15 is 0 Å². The van der Waals surface area contributed by atoms with E-state index in [0.29, 0.717) is 13.2 Å². The summed E-state index contributed by atoms with van der Waals surface area (Å²) < 4.78 is 12.2. The van der Waals surface area contributed by atoms with Crippen molar-refractivity contribution in [3.8, 4) is 0 Å². The fourth-order valence-corrected chi connectivity index (χ4v) is 2.12. The van der Waals surface area contributed by atoms with Gasteiger partial charge in [-0.2, -0.15) is 0 Å². The highest BCUT2D eigenvalue weighted by Gasteiger charge is 2.02. The van der Waals surface area contributed by atoms with Crippen molar-refractivity contribution in [2.24, 2.45) is 0 Å². The highest BCUT2D eigenvalue weighted by molar-refractivity contribution is 9.10. The minimum atomic E-state index is 0.504. The van der Waals surface area contributed by atoms with E-state index in [9.17, 15) is 0 Å². The van der Waals surface area contributed by atoms with E-state index in [1.54, 1.807) is 6.26 Å². The van der Waals surface area contributed by atoms with E-state index < -0.39 is 0 Å². The summed E-state index contributed by atoms with van der Waals surface area (Å²) in [5, 5.41) is 3.35. The summed E-state index contributed by atoms with van der Waals surface area (Å²) in [6, 6.07) is 10.2. The monoisotopic (exact) mass is 337 g/mol. The van der Waals surface area contributed by atoms with Crippen LogP contribution in [0.4, 0.5) is 0 Å². The Morgan fingerprint density at radius 2 is 1.95 bits per heavy atom. The molecule has 0 spiro atoms. The predicted octanol–water partition coefficient (Wildman–Crippen LogP) is 4.26. The molecule has 0 unspecified atom stereocenters. The second kappa shape index (κ2) is 8.25. The van der Waals surface area contributed by atoms with E-state index in [1.165, 1.54) is 5.56 Å². The van der Waals surface area contributed by atoms with Gasteiger partial charge in [0.05, 0.1) is 12.9 Å². The highest BCUT2D eigenvalue weighted by Crippen LogP contribution is 2.13. The van der Waals surface area contributed by atoms with Crippen molar-refractivity contribution in [1.29, 1.82) is 0 Å². The second-order valence-electron chi connectivity index (χ2n) is 4.72. The van der Waals surface area contributed by atoms with Gasteiger partial charge in [-0.25, -0.2) is 0 Å². The van der Waals surface area contributed by atoms with Gasteiger partial charge in [0.25, 0.3) is 0 Å². The van der Waals surface area contributed by atoms with E-state index in [4.69, 9.17) is 9.15 Å². The summed E-state index contributed by atoms with van der Waals surface area (Å²) in [5.74, 6) is 0.871. The molecule has 0 saturated carbocycles. The summed E-state index contributed by atoms with van der Waals surface area (Å²) in [5.41, 5.74) is 2.32. The number of benzene rings is 1. The van der Waals surface area contributed by atoms with Gasteiger partial charge in [0, 0.05) is 16.6 Å². The molecule has 2 rings (SSSR count). The third-order valence-corrected chi connectivity index (χ3v) is 3.42. The zero-order valence-corrected chi connectivity index (χ0v) is 13.3. The third-order valence-electron chi connectivity index (χ3n) is 2.89. The lowest BCUT2D eigenvalue weighted by atomic mass is 10.2. The Morgan fingerprint density at radius 3 is 2.70 bits per heavy atom. The zero-order chi connectivity index (χ0) is 14.2. The van der Waals surface area contributed by atoms with Crippen LogP contribution in [0, 0.1) is 0 Å². The summed E-state index contributed by atoms with van der Waals surface area (Å²) >= 11 is 3.42. The van der Waals surface area contributed by atoms with Gasteiger partial charge in [-0.05, 0) is 36.7 Å². The first-order valence-electron chi connectivity index (χ1n) is 6.87. The van der Waals surface area contributed by atoms with Gasteiger partial charge in [0.2, 0.25) is 0 Å². The van der Waals surface area contributed by atoms with Gasteiger partial charge < -0.3 is 14.5 Å². The van der Waals surface area contributed by atoms with Crippen LogP contribution in [0.2, 0.25) is 0 Å². The number of hydrogen-bond donors (Lipinski definition) is 1. The number of furan rings is 1. The molecule has 3 nitrogen and oxygen atoms in total. The van der Waals surface area contributed by atoms with Crippen molar-refractivity contribution >= 4 is 15.9 Å². The van der Waals surface area contributed by atoms with Crippen LogP contribution in [0.15, 0.2) is 45.5 Å². The average molecular weight is 338 g/mol. The molecule has 0 bridgehead atoms. The third kappa shape index (κ3) is 5.12. The Bertz CT molecular complexity index is 507. The first-order valence-corrected chi connectivity index (χ1v) is 7.66. The summed E-state index contributed by atoms with van der Waals surface area (Å²) in [6.45, 7) is 5.13. The molecule has 0 atom stereocenters. The second-order valence-corrected chi connectivity index (χ2v) is 5.63. The molecule has 0 aliphatic carbocycles. The van der Waals surface area contributed by atoms with E-state index in [-0.39, 0.29) is 0 Å². The predicted molar refractivity (Wildman–Crippen MR) is 83.3 cm³/mol. The summed E-state index contributed by atoms with van der Waals surface area (Å²) in [7, 11) is 0. The maximum atomic E-state index is 5.66. The largest absolute Gasteiger partial charge is 0.467 e. The van der Waals surface area contributed by atoms with Crippen LogP contribution in [0.1, 0.15) is 30.2 Å². The normalized spacial score (nSPS) is 10.9. The van der Waals surface area contributed by atoms with E-state index in [0.717, 1.165) is 35.3 Å². The molecule has 1 N–H and O–H groups in total. The Hall–Kier alpha value is -1.10. The minimum absolute atomic E-state index is 0.504. The van der Waals surface area contributed by atoms with Crippen molar-refractivity contribution in [3.05, 3.63) is 58.0 Å². The fourth-order valence-electron chi connectivity index (χ4n) is 1.85. The van der Waals surface area contributed by atoms with Crippen LogP contribution >= 0.6 is 15.9 Å². The molecular formula is C16H20BrNO2. The number of ether oxygens (including phenoxy) is 1. The van der Waals surface area contributed by atoms with E-state index in [2.05, 4.69) is 28.2 Å². The van der Waals surface area contributed by atoms with Gasteiger partial charge in [0.15, 0.2) is 0 Å². The van der Waals surface area contributed by atoms with Crippen LogP contribution in [0.3, 0.4) is 0 Å². The molecule has 0 radical (unpaired) electrons. The molecule has 1 heterocycles. The molecule has 0 amide bonds. The molecule has 1 aromatic carbocycles. The number of rotatable bonds is 8. The molecule has 0 aliphatic rings. The summed E-state index contributed by atoms with van der Waals surface area (Å²) in [6.07, 6.45) is 2.93. The quantitative estimate of drug-likeness (QED) is 0.731. The van der Waals surface area contributed by atoms with Gasteiger partial charge in [0.1, 0.15) is 12.4 Å². The number of nitrogens with one attached hydrogen (secondary N) is 1. The lowest BCUT2D eigenvalue weighted by Crippen LogP contribution is -2.13. The SMILES string of the molecule is CCCNCc1coc(COCc2ccc(Br)cc2)c1. The van der Waals surface area contributed by atoms with Gasteiger partial charge in [-0.3, -0.25) is 0 Å². The highest BCUT2D eigenvalue weighted by atomic mass is 79.9. The minimum Gasteiger partial charge on any atom is -0.467 e. The van der Waals surface area contributed by atoms with Crippen LogP contribution in [-0.2, 0) is 24.5 Å². The fraction of sp³-hybridized carbons (Fsp3) is 0.375. The topological polar surface area (TPSA) is 34.4 Å². The Kier molecular flexibility index (Phi) is 6.30. The first kappa shape index (κ1) is 15.3. The van der Waals surface area contributed by atoms with Crippen molar-refractivity contribution in [2.45, 2.75) is 33.1 Å². The lowest BCUT2D eigenvalue weighted by molar-refractivity contribution is 0.0929. The molecule has 4 heteroatoms. The van der Waals surface area contributed by atoms with Crippen molar-refractivity contribution in [2.75, 3.05) is 6.54 Å². The molecule has 2 aromatic rings. The smallest absolute Gasteiger partial charge is 0.129 e. The van der Waals surface area contributed by atoms with Gasteiger partial charge >= 0.3 is 0 Å². The molecule has 0 aliphatic heterocycles. The van der Waals surface area contributed by atoms with Crippen molar-refractivity contribution < 1.29 is 9.15 Å². The first-order chi connectivity index (χ1) is 9.78. The molecule has 1 aromatic heterocycles. The van der Waals surface area contributed by atoms with Crippen molar-refractivity contribution in [1.82, 2.24) is 5.32 Å². The van der Waals surface area contributed by atoms with Crippen LogP contribution in [0.25, 0.3) is 0 Å². The molecule has 20 heavy (non-hydrogen) atoms. The zero-order valence-electron chi connectivity index (χ0n) is 11.7. The van der Waals surface area contributed by atoms with Crippen LogP contribution < -0.4 is 5.32 Å². The van der Waals surface area contributed by atoms with Crippen LogP contribution in [-0.4, -0.2) is 6.54 Å². The molecule has 0 fully saturated rings. The van der Waals surface area contributed by atoms with E-state index in [1.807, 2.05) is 30.3 Å². The Labute approximate surface area is 128 Å². The maximum absolute atomic E-state index is 5.66. The molecular weight excluding hydrogens is 318 g/mol. The number of halogens is 1. The van der Waals surface area contributed by atoms with Gasteiger partial charge in [-0.1, -0.05) is 35.0 Å². The number of hydrogen-bond acceptors (Lipinski definition) is 3. The standard InChI is InChI=1S/C16H20BrNO2/c1-2-7-18-9-14-8-16(20-11-14)12-19-10-13-3-5-15(17)6-4-13/h3-6,8,11,18H,2,7,9-10,12H2,1H3. The Balaban J connectivity index is 1.72. The lowest BCUT2D eigenvalue weighted by Gasteiger charge is -2.02. The van der Waals surface area contributed by atoms with Gasteiger partial charge in [-0.15, -0.1) is 0 Å². The average Bonchev–Trinajstić information content (AvgIpc) is 2.89. The van der Waals surface area contributed by atoms with Crippen molar-refractivity contribution in [3.63, 3.8) is 0 Å². The Morgan fingerprint density at radius 1 is 1.15 bits per heavy atom.